The molecule has 1 amide bonds. The van der Waals surface area contributed by atoms with Gasteiger partial charge in [0.25, 0.3) is 12.9 Å². The number of rotatable bonds is 9. The number of carbonyl (C=O) groups is 1. The van der Waals surface area contributed by atoms with Crippen LogP contribution in [0.1, 0.15) is 40.2 Å². The molecule has 37 heavy (non-hydrogen) atoms. The Hall–Kier alpha value is -4.33. The summed E-state index contributed by atoms with van der Waals surface area (Å²) in [4.78, 5) is 23.4. The summed E-state index contributed by atoms with van der Waals surface area (Å²) in [5.74, 6) is -1.78. The lowest BCUT2D eigenvalue weighted by Gasteiger charge is -2.14. The van der Waals surface area contributed by atoms with Crippen LogP contribution in [0.4, 0.5) is 33.6 Å². The number of primary amides is 1. The molecule has 15 heteroatoms. The smallest absolute Gasteiger partial charge is 0.282 e. The molecule has 0 saturated carbocycles. The summed E-state index contributed by atoms with van der Waals surface area (Å²) in [6.07, 6.45) is -2.61. The summed E-state index contributed by atoms with van der Waals surface area (Å²) in [5, 5.41) is 6.13. The lowest BCUT2D eigenvalue weighted by molar-refractivity contribution is 0.0999. The van der Waals surface area contributed by atoms with Crippen LogP contribution in [0, 0.1) is 5.82 Å². The summed E-state index contributed by atoms with van der Waals surface area (Å²) in [6, 6.07) is 5.52. The van der Waals surface area contributed by atoms with Gasteiger partial charge in [0.05, 0.1) is 22.3 Å². The van der Waals surface area contributed by atoms with Crippen LogP contribution in [0.2, 0.25) is 5.02 Å². The lowest BCUT2D eigenvalue weighted by Crippen LogP contribution is -2.13. The zero-order valence-corrected chi connectivity index (χ0v) is 19.1. The van der Waals surface area contributed by atoms with E-state index in [0.29, 0.717) is 10.7 Å². The molecular weight excluding hydrogens is 525 g/mol. The van der Waals surface area contributed by atoms with Crippen LogP contribution in [0.25, 0.3) is 5.82 Å². The second-order valence-corrected chi connectivity index (χ2v) is 7.77. The van der Waals surface area contributed by atoms with Crippen LogP contribution in [-0.4, -0.2) is 30.6 Å². The van der Waals surface area contributed by atoms with Gasteiger partial charge >= 0.3 is 0 Å². The van der Waals surface area contributed by atoms with Gasteiger partial charge in [0.1, 0.15) is 29.6 Å². The predicted octanol–water partition coefficient (Wildman–Crippen LogP) is 5.15. The van der Waals surface area contributed by atoms with Gasteiger partial charge in [-0.05, 0) is 30.3 Å². The largest absolute Gasteiger partial charge is 0.487 e. The fourth-order valence-corrected chi connectivity index (χ4v) is 3.27. The Bertz CT molecular complexity index is 1450. The molecule has 0 aliphatic carbocycles. The van der Waals surface area contributed by atoms with Gasteiger partial charge in [-0.2, -0.15) is 10.1 Å². The topological polar surface area (TPSA) is 121 Å². The number of amides is 1. The molecule has 192 valence electrons. The zero-order valence-electron chi connectivity index (χ0n) is 18.4. The molecule has 0 aliphatic heterocycles. The number of pyridine rings is 1. The first-order valence-corrected chi connectivity index (χ1v) is 10.6. The van der Waals surface area contributed by atoms with E-state index in [0.717, 1.165) is 6.07 Å². The summed E-state index contributed by atoms with van der Waals surface area (Å²) < 4.78 is 73.6. The van der Waals surface area contributed by atoms with Gasteiger partial charge in [-0.3, -0.25) is 9.78 Å². The van der Waals surface area contributed by atoms with Crippen LogP contribution in [0.15, 0.2) is 48.9 Å². The Labute approximate surface area is 210 Å². The number of nitrogens with one attached hydrogen (secondary N) is 1. The molecular formula is C22H15ClF5N7O2. The van der Waals surface area contributed by atoms with Crippen molar-refractivity contribution in [2.24, 2.45) is 5.73 Å². The van der Waals surface area contributed by atoms with Gasteiger partial charge in [-0.1, -0.05) is 11.6 Å². The molecule has 1 aromatic carbocycles. The van der Waals surface area contributed by atoms with Crippen LogP contribution in [-0.2, 0) is 6.61 Å². The molecule has 3 aromatic heterocycles. The number of benzene rings is 1. The molecule has 4 aromatic rings. The Balaban J connectivity index is 1.74. The van der Waals surface area contributed by atoms with E-state index in [4.69, 9.17) is 22.1 Å². The normalized spacial score (nSPS) is 11.2. The third-order valence-electron chi connectivity index (χ3n) is 4.81. The molecule has 0 saturated heterocycles. The van der Waals surface area contributed by atoms with E-state index >= 15 is 0 Å². The number of carbonyl (C=O) groups excluding carboxylic acids is 1. The fraction of sp³-hybridized carbons (Fsp3) is 0.136. The second-order valence-electron chi connectivity index (χ2n) is 7.37. The number of hydrogen-bond donors (Lipinski definition) is 2. The minimum Gasteiger partial charge on any atom is -0.487 e. The number of alkyl halides is 4. The average Bonchev–Trinajstić information content (AvgIpc) is 3.32. The molecule has 4 rings (SSSR count). The van der Waals surface area contributed by atoms with Crippen LogP contribution in [0.5, 0.6) is 5.75 Å². The maximum Gasteiger partial charge on any atom is 0.282 e. The standard InChI is InChI=1S/C22H15ClF5N7O2/c23-14-4-12(1-2-15(14)24)32-22-31-7-11(9-37-13-3-10(20(29)36)6-30-8-13)21(33-22)35-17(19(27)28)5-16(34-35)18(25)26/h1-8,18-19H,9H2,(H2,29,36)(H,31,32,33). The van der Waals surface area contributed by atoms with E-state index < -0.39 is 36.0 Å². The molecule has 0 fully saturated rings. The monoisotopic (exact) mass is 539 g/mol. The first-order valence-electron chi connectivity index (χ1n) is 10.2. The Morgan fingerprint density at radius 2 is 1.89 bits per heavy atom. The highest BCUT2D eigenvalue weighted by Crippen LogP contribution is 2.29. The highest BCUT2D eigenvalue weighted by atomic mass is 35.5. The van der Waals surface area contributed by atoms with Crippen molar-refractivity contribution in [3.8, 4) is 11.6 Å². The average molecular weight is 540 g/mol. The fourth-order valence-electron chi connectivity index (χ4n) is 3.09. The molecule has 0 bridgehead atoms. The van der Waals surface area contributed by atoms with Crippen molar-refractivity contribution < 1.29 is 31.5 Å². The number of ether oxygens (including phenoxy) is 1. The summed E-state index contributed by atoms with van der Waals surface area (Å²) in [6.45, 7) is -0.353. The Morgan fingerprint density at radius 1 is 1.11 bits per heavy atom. The van der Waals surface area contributed by atoms with Crippen LogP contribution < -0.4 is 15.8 Å². The zero-order chi connectivity index (χ0) is 26.7. The molecule has 0 radical (unpaired) electrons. The third kappa shape index (κ3) is 5.91. The maximum atomic E-state index is 13.7. The van der Waals surface area contributed by atoms with Crippen molar-refractivity contribution in [1.29, 1.82) is 0 Å². The highest BCUT2D eigenvalue weighted by Gasteiger charge is 2.25. The van der Waals surface area contributed by atoms with Crippen molar-refractivity contribution in [2.75, 3.05) is 5.32 Å². The van der Waals surface area contributed by atoms with Gasteiger partial charge < -0.3 is 15.8 Å². The van der Waals surface area contributed by atoms with Gasteiger partial charge in [-0.25, -0.2) is 31.6 Å². The van der Waals surface area contributed by atoms with Crippen molar-refractivity contribution in [3.63, 3.8) is 0 Å². The van der Waals surface area contributed by atoms with Gasteiger partial charge in [-0.15, -0.1) is 0 Å². The van der Waals surface area contributed by atoms with Crippen molar-refractivity contribution in [3.05, 3.63) is 82.3 Å². The third-order valence-corrected chi connectivity index (χ3v) is 5.10. The minimum absolute atomic E-state index is 0.0557. The maximum absolute atomic E-state index is 13.7. The number of halogens is 6. The molecule has 0 unspecified atom stereocenters. The number of nitrogens with two attached hydrogens (primary N) is 1. The molecule has 9 nitrogen and oxygen atoms in total. The SMILES string of the molecule is NC(=O)c1cncc(OCc2cnc(Nc3ccc(F)c(Cl)c3)nc2-n2nc(C(F)F)cc2C(F)F)c1. The summed E-state index contributed by atoms with van der Waals surface area (Å²) in [5.41, 5.74) is 3.88. The van der Waals surface area contributed by atoms with Crippen LogP contribution in [0.3, 0.4) is 0 Å². The summed E-state index contributed by atoms with van der Waals surface area (Å²) >= 11 is 5.78. The highest BCUT2D eigenvalue weighted by molar-refractivity contribution is 6.31. The van der Waals surface area contributed by atoms with E-state index in [9.17, 15) is 26.7 Å². The van der Waals surface area contributed by atoms with Crippen molar-refractivity contribution >= 4 is 29.1 Å². The minimum atomic E-state index is -3.17. The molecule has 3 heterocycles. The molecule has 0 spiro atoms. The van der Waals surface area contributed by atoms with Gasteiger partial charge in [0, 0.05) is 18.1 Å². The Morgan fingerprint density at radius 3 is 2.57 bits per heavy atom. The van der Waals surface area contributed by atoms with Gasteiger partial charge in [0.2, 0.25) is 11.9 Å². The molecule has 3 N–H and O–H groups in total. The first kappa shape index (κ1) is 25.8. The molecule has 0 atom stereocenters. The van der Waals surface area contributed by atoms with Crippen molar-refractivity contribution in [2.45, 2.75) is 19.5 Å². The van der Waals surface area contributed by atoms with Gasteiger partial charge in [0.15, 0.2) is 5.82 Å². The second kappa shape index (κ2) is 10.7. The predicted molar refractivity (Wildman–Crippen MR) is 121 cm³/mol. The number of nitrogens with zero attached hydrogens (tertiary/aromatic N) is 5. The van der Waals surface area contributed by atoms with E-state index in [2.05, 4.69) is 25.4 Å². The number of hydrogen-bond acceptors (Lipinski definition) is 7. The van der Waals surface area contributed by atoms with E-state index in [1.54, 1.807) is 0 Å². The summed E-state index contributed by atoms with van der Waals surface area (Å²) in [7, 11) is 0. The van der Waals surface area contributed by atoms with E-state index in [-0.39, 0.29) is 46.0 Å². The lowest BCUT2D eigenvalue weighted by atomic mass is 10.2. The van der Waals surface area contributed by atoms with Crippen LogP contribution >= 0.6 is 11.6 Å². The van der Waals surface area contributed by atoms with E-state index in [1.807, 2.05) is 0 Å². The number of aromatic nitrogens is 5. The Kier molecular flexibility index (Phi) is 7.47. The first-order chi connectivity index (χ1) is 17.6. The van der Waals surface area contributed by atoms with Crippen molar-refractivity contribution in [1.82, 2.24) is 24.7 Å². The molecule has 0 aliphatic rings. The number of anilines is 2. The quantitative estimate of drug-likeness (QED) is 0.282. The van der Waals surface area contributed by atoms with E-state index in [1.165, 1.54) is 36.8 Å².